The summed E-state index contributed by atoms with van der Waals surface area (Å²) in [6.45, 7) is 9.89. The van der Waals surface area contributed by atoms with Gasteiger partial charge in [0.05, 0.1) is 19.8 Å². The van der Waals surface area contributed by atoms with Crippen LogP contribution in [0, 0.1) is 5.92 Å². The van der Waals surface area contributed by atoms with Crippen LogP contribution >= 0.6 is 0 Å². The fraction of sp³-hybridized carbons (Fsp3) is 0.923. The van der Waals surface area contributed by atoms with Gasteiger partial charge < -0.3 is 15.0 Å². The number of carbonyl (C=O) groups is 1. The lowest BCUT2D eigenvalue weighted by Gasteiger charge is -2.27. The van der Waals surface area contributed by atoms with Crippen LogP contribution in [0.2, 0.25) is 0 Å². The predicted molar refractivity (Wildman–Crippen MR) is 68.9 cm³/mol. The molecular formula is C13H26N2O2. The van der Waals surface area contributed by atoms with Gasteiger partial charge in [-0.15, -0.1) is 0 Å². The van der Waals surface area contributed by atoms with Gasteiger partial charge in [-0.2, -0.15) is 0 Å². The molecule has 0 spiro atoms. The van der Waals surface area contributed by atoms with Crippen molar-refractivity contribution >= 4 is 5.91 Å². The van der Waals surface area contributed by atoms with E-state index in [1.807, 2.05) is 4.90 Å². The molecule has 100 valence electrons. The maximum Gasteiger partial charge on any atom is 0.236 e. The number of rotatable bonds is 6. The molecule has 4 heteroatoms. The van der Waals surface area contributed by atoms with Gasteiger partial charge in [0, 0.05) is 19.1 Å². The van der Waals surface area contributed by atoms with Gasteiger partial charge in [-0.05, 0) is 25.7 Å². The summed E-state index contributed by atoms with van der Waals surface area (Å²) < 4.78 is 5.23. The highest BCUT2D eigenvalue weighted by Gasteiger charge is 2.16. The molecule has 4 nitrogen and oxygen atoms in total. The maximum absolute atomic E-state index is 11.8. The van der Waals surface area contributed by atoms with Gasteiger partial charge in [0.1, 0.15) is 0 Å². The van der Waals surface area contributed by atoms with Crippen molar-refractivity contribution in [2.24, 2.45) is 5.92 Å². The highest BCUT2D eigenvalue weighted by atomic mass is 16.5. The van der Waals surface area contributed by atoms with Crippen LogP contribution in [0.4, 0.5) is 0 Å². The molecule has 0 saturated carbocycles. The zero-order valence-corrected chi connectivity index (χ0v) is 11.4. The van der Waals surface area contributed by atoms with Gasteiger partial charge >= 0.3 is 0 Å². The van der Waals surface area contributed by atoms with Crippen molar-refractivity contribution in [3.05, 3.63) is 0 Å². The van der Waals surface area contributed by atoms with E-state index in [1.54, 1.807) is 0 Å². The van der Waals surface area contributed by atoms with E-state index in [9.17, 15) is 4.79 Å². The van der Waals surface area contributed by atoms with E-state index in [1.165, 1.54) is 6.42 Å². The van der Waals surface area contributed by atoms with E-state index in [0.717, 1.165) is 25.4 Å². The average Bonchev–Trinajstić information content (AvgIpc) is 2.34. The van der Waals surface area contributed by atoms with Crippen LogP contribution in [-0.4, -0.2) is 49.7 Å². The first-order valence-electron chi connectivity index (χ1n) is 6.68. The summed E-state index contributed by atoms with van der Waals surface area (Å²) in [5.74, 6) is 0.930. The fourth-order valence-corrected chi connectivity index (χ4v) is 1.87. The van der Waals surface area contributed by atoms with Crippen molar-refractivity contribution in [3.8, 4) is 0 Å². The summed E-state index contributed by atoms with van der Waals surface area (Å²) in [4.78, 5) is 13.7. The van der Waals surface area contributed by atoms with Crippen LogP contribution in [0.15, 0.2) is 0 Å². The summed E-state index contributed by atoms with van der Waals surface area (Å²) in [5, 5.41) is 3.30. The lowest BCUT2D eigenvalue weighted by atomic mass is 10.0. The van der Waals surface area contributed by atoms with E-state index in [2.05, 4.69) is 26.1 Å². The largest absolute Gasteiger partial charge is 0.378 e. The molecule has 0 bridgehead atoms. The van der Waals surface area contributed by atoms with Crippen molar-refractivity contribution in [2.75, 3.05) is 32.8 Å². The van der Waals surface area contributed by atoms with Crippen molar-refractivity contribution in [3.63, 3.8) is 0 Å². The van der Waals surface area contributed by atoms with Crippen LogP contribution in [0.1, 0.15) is 33.6 Å². The number of nitrogens with zero attached hydrogens (tertiary/aromatic N) is 1. The number of nitrogens with one attached hydrogen (secondary N) is 1. The third-order valence-electron chi connectivity index (χ3n) is 3.14. The van der Waals surface area contributed by atoms with Crippen molar-refractivity contribution in [2.45, 2.75) is 39.7 Å². The Morgan fingerprint density at radius 2 is 1.88 bits per heavy atom. The standard InChI is InChI=1S/C13H26N2O2/c1-11(2)4-5-12(3)14-10-13(16)15-6-8-17-9-7-15/h11-12,14H,4-10H2,1-3H3. The van der Waals surface area contributed by atoms with Gasteiger partial charge in [0.25, 0.3) is 0 Å². The van der Waals surface area contributed by atoms with Crippen LogP contribution in [0.3, 0.4) is 0 Å². The third kappa shape index (κ3) is 6.03. The second-order valence-electron chi connectivity index (χ2n) is 5.25. The summed E-state index contributed by atoms with van der Waals surface area (Å²) in [6, 6.07) is 0.419. The van der Waals surface area contributed by atoms with Crippen molar-refractivity contribution in [1.29, 1.82) is 0 Å². The number of ether oxygens (including phenoxy) is 1. The van der Waals surface area contributed by atoms with Crippen LogP contribution in [-0.2, 0) is 9.53 Å². The summed E-state index contributed by atoms with van der Waals surface area (Å²) >= 11 is 0. The Balaban J connectivity index is 2.13. The molecule has 1 fully saturated rings. The predicted octanol–water partition coefficient (Wildman–Crippen LogP) is 1.26. The molecule has 1 saturated heterocycles. The molecule has 0 aromatic carbocycles. The van der Waals surface area contributed by atoms with Crippen molar-refractivity contribution in [1.82, 2.24) is 10.2 Å². The third-order valence-corrected chi connectivity index (χ3v) is 3.14. The normalized spacial score (nSPS) is 18.5. The molecule has 1 N–H and O–H groups in total. The van der Waals surface area contributed by atoms with E-state index >= 15 is 0 Å². The van der Waals surface area contributed by atoms with Crippen LogP contribution < -0.4 is 5.32 Å². The Bertz CT molecular complexity index is 225. The fourth-order valence-electron chi connectivity index (χ4n) is 1.87. The molecule has 1 heterocycles. The highest BCUT2D eigenvalue weighted by molar-refractivity contribution is 5.78. The Kier molecular flexibility index (Phi) is 6.52. The zero-order valence-electron chi connectivity index (χ0n) is 11.4. The molecule has 0 radical (unpaired) electrons. The van der Waals surface area contributed by atoms with Gasteiger partial charge in [-0.25, -0.2) is 0 Å². The number of hydrogen-bond donors (Lipinski definition) is 1. The van der Waals surface area contributed by atoms with Gasteiger partial charge in [0.2, 0.25) is 5.91 Å². The number of hydrogen-bond acceptors (Lipinski definition) is 3. The molecule has 1 aliphatic heterocycles. The minimum atomic E-state index is 0.199. The molecule has 1 rings (SSSR count). The molecule has 0 aromatic heterocycles. The second-order valence-corrected chi connectivity index (χ2v) is 5.25. The number of morpholine rings is 1. The van der Waals surface area contributed by atoms with Crippen molar-refractivity contribution < 1.29 is 9.53 Å². The Morgan fingerprint density at radius 3 is 2.47 bits per heavy atom. The summed E-state index contributed by atoms with van der Waals surface area (Å²) in [7, 11) is 0. The van der Waals surface area contributed by atoms with Gasteiger partial charge in [-0.3, -0.25) is 4.79 Å². The molecular weight excluding hydrogens is 216 g/mol. The summed E-state index contributed by atoms with van der Waals surface area (Å²) in [6.07, 6.45) is 2.34. The van der Waals surface area contributed by atoms with E-state index in [-0.39, 0.29) is 5.91 Å². The molecule has 17 heavy (non-hydrogen) atoms. The molecule has 1 aliphatic rings. The van der Waals surface area contributed by atoms with Gasteiger partial charge in [-0.1, -0.05) is 13.8 Å². The lowest BCUT2D eigenvalue weighted by Crippen LogP contribution is -2.46. The highest BCUT2D eigenvalue weighted by Crippen LogP contribution is 2.06. The molecule has 1 atom stereocenters. The summed E-state index contributed by atoms with van der Waals surface area (Å²) in [5.41, 5.74) is 0. The van der Waals surface area contributed by atoms with Gasteiger partial charge in [0.15, 0.2) is 0 Å². The first-order chi connectivity index (χ1) is 8.09. The quantitative estimate of drug-likeness (QED) is 0.762. The second kappa shape index (κ2) is 7.67. The topological polar surface area (TPSA) is 41.6 Å². The molecule has 1 unspecified atom stereocenters. The minimum Gasteiger partial charge on any atom is -0.378 e. The lowest BCUT2D eigenvalue weighted by molar-refractivity contribution is -0.134. The first-order valence-corrected chi connectivity index (χ1v) is 6.68. The molecule has 0 aromatic rings. The maximum atomic E-state index is 11.8. The Hall–Kier alpha value is -0.610. The average molecular weight is 242 g/mol. The number of amides is 1. The Labute approximate surface area is 105 Å². The zero-order chi connectivity index (χ0) is 12.7. The SMILES string of the molecule is CC(C)CCC(C)NCC(=O)N1CCOCC1. The number of carbonyl (C=O) groups excluding carboxylic acids is 1. The smallest absolute Gasteiger partial charge is 0.236 e. The Morgan fingerprint density at radius 1 is 1.24 bits per heavy atom. The van der Waals surface area contributed by atoms with E-state index in [0.29, 0.717) is 25.8 Å². The monoisotopic (exact) mass is 242 g/mol. The first kappa shape index (κ1) is 14.5. The van der Waals surface area contributed by atoms with E-state index < -0.39 is 0 Å². The van der Waals surface area contributed by atoms with Crippen LogP contribution in [0.25, 0.3) is 0 Å². The molecule has 0 aliphatic carbocycles. The van der Waals surface area contributed by atoms with E-state index in [4.69, 9.17) is 4.74 Å². The van der Waals surface area contributed by atoms with Crippen LogP contribution in [0.5, 0.6) is 0 Å². The minimum absolute atomic E-state index is 0.199. The molecule has 1 amide bonds.